The fourth-order valence-electron chi connectivity index (χ4n) is 3.65. The van der Waals surface area contributed by atoms with E-state index in [2.05, 4.69) is 18.4 Å². The number of aromatic nitrogens is 1. The summed E-state index contributed by atoms with van der Waals surface area (Å²) >= 11 is 11.3. The van der Waals surface area contributed by atoms with Gasteiger partial charge < -0.3 is 4.74 Å². The second kappa shape index (κ2) is 8.48. The third-order valence-electron chi connectivity index (χ3n) is 5.20. The van der Waals surface area contributed by atoms with Crippen LogP contribution in [-0.2, 0) is 4.74 Å². The maximum atomic E-state index is 13.7. The van der Waals surface area contributed by atoms with Crippen LogP contribution in [0.15, 0.2) is 47.4 Å². The Morgan fingerprint density at radius 3 is 2.90 bits per heavy atom. The minimum atomic E-state index is -0.110. The van der Waals surface area contributed by atoms with Gasteiger partial charge in [0.05, 0.1) is 27.9 Å². The zero-order chi connectivity index (χ0) is 20.7. The van der Waals surface area contributed by atoms with Crippen molar-refractivity contribution in [2.75, 3.05) is 24.3 Å². The molecule has 5 rings (SSSR count). The number of thiophene rings is 1. The minimum absolute atomic E-state index is 0.0240. The molecule has 1 unspecified atom stereocenters. The lowest BCUT2D eigenvalue weighted by atomic mass is 10.2. The van der Waals surface area contributed by atoms with E-state index in [-0.39, 0.29) is 12.0 Å². The molecule has 2 aromatic carbocycles. The van der Waals surface area contributed by atoms with Gasteiger partial charge in [-0.25, -0.2) is 4.98 Å². The molecule has 1 saturated heterocycles. The number of rotatable bonds is 5. The van der Waals surface area contributed by atoms with Crippen molar-refractivity contribution in [2.45, 2.75) is 23.8 Å². The summed E-state index contributed by atoms with van der Waals surface area (Å²) in [5, 5.41) is 2.12. The minimum Gasteiger partial charge on any atom is -0.376 e. The molecular formula is C22H19ClN2O2S3. The lowest BCUT2D eigenvalue weighted by molar-refractivity contribution is 0.0921. The molecule has 1 fully saturated rings. The monoisotopic (exact) mass is 474 g/mol. The van der Waals surface area contributed by atoms with E-state index in [4.69, 9.17) is 21.3 Å². The average Bonchev–Trinajstić information content (AvgIpc) is 3.50. The molecule has 30 heavy (non-hydrogen) atoms. The maximum Gasteiger partial charge on any atom is 0.271 e. The van der Waals surface area contributed by atoms with Crippen LogP contribution < -0.4 is 4.90 Å². The lowest BCUT2D eigenvalue weighted by Crippen LogP contribution is -2.37. The van der Waals surface area contributed by atoms with Crippen molar-refractivity contribution in [1.29, 1.82) is 0 Å². The molecule has 2 aromatic heterocycles. The van der Waals surface area contributed by atoms with Crippen molar-refractivity contribution in [3.8, 4) is 0 Å². The third kappa shape index (κ3) is 3.74. The summed E-state index contributed by atoms with van der Waals surface area (Å²) in [5.74, 6) is -0.110. The largest absolute Gasteiger partial charge is 0.376 e. The highest BCUT2D eigenvalue weighted by Gasteiger charge is 2.29. The highest BCUT2D eigenvalue weighted by Crippen LogP contribution is 2.38. The van der Waals surface area contributed by atoms with Crippen LogP contribution in [0.3, 0.4) is 0 Å². The topological polar surface area (TPSA) is 42.4 Å². The zero-order valence-electron chi connectivity index (χ0n) is 16.3. The van der Waals surface area contributed by atoms with Crippen LogP contribution in [0.4, 0.5) is 5.13 Å². The van der Waals surface area contributed by atoms with E-state index in [1.807, 2.05) is 30.3 Å². The van der Waals surface area contributed by atoms with Gasteiger partial charge in [0.2, 0.25) is 0 Å². The quantitative estimate of drug-likeness (QED) is 0.301. The molecule has 1 aliphatic rings. The number of ether oxygens (including phenoxy) is 1. The van der Waals surface area contributed by atoms with E-state index < -0.39 is 0 Å². The molecule has 0 radical (unpaired) electrons. The Hall–Kier alpha value is -1.64. The van der Waals surface area contributed by atoms with Gasteiger partial charge >= 0.3 is 0 Å². The molecule has 3 heterocycles. The Kier molecular flexibility index (Phi) is 5.73. The molecule has 0 saturated carbocycles. The van der Waals surface area contributed by atoms with Gasteiger partial charge in [0.1, 0.15) is 4.88 Å². The maximum absolute atomic E-state index is 13.7. The Morgan fingerprint density at radius 1 is 1.27 bits per heavy atom. The predicted octanol–water partition coefficient (Wildman–Crippen LogP) is 6.71. The Labute approximate surface area is 191 Å². The molecule has 1 amide bonds. The van der Waals surface area contributed by atoms with Gasteiger partial charge in [-0.15, -0.1) is 23.1 Å². The summed E-state index contributed by atoms with van der Waals surface area (Å²) in [7, 11) is 0. The predicted molar refractivity (Wildman–Crippen MR) is 129 cm³/mol. The number of thioether (sulfide) groups is 1. The Morgan fingerprint density at radius 2 is 2.13 bits per heavy atom. The number of anilines is 1. The van der Waals surface area contributed by atoms with Crippen LogP contribution in [0, 0.1) is 0 Å². The van der Waals surface area contributed by atoms with E-state index in [1.165, 1.54) is 16.2 Å². The van der Waals surface area contributed by atoms with Gasteiger partial charge in [0.25, 0.3) is 5.91 Å². The smallest absolute Gasteiger partial charge is 0.271 e. The van der Waals surface area contributed by atoms with Crippen LogP contribution in [0.2, 0.25) is 5.02 Å². The molecule has 8 heteroatoms. The SMILES string of the molecule is CSc1ccc2nc(N(CC3CCCO3)C(=O)c3sc4ccccc4c3Cl)sc2c1. The number of hydrogen-bond acceptors (Lipinski definition) is 6. The summed E-state index contributed by atoms with van der Waals surface area (Å²) in [4.78, 5) is 22.0. The van der Waals surface area contributed by atoms with Crippen molar-refractivity contribution in [3.05, 3.63) is 52.4 Å². The first kappa shape index (κ1) is 20.3. The number of nitrogens with zero attached hydrogens (tertiary/aromatic N) is 2. The molecule has 4 nitrogen and oxygen atoms in total. The standard InChI is InChI=1S/C22H19ClN2O2S3/c1-28-14-8-9-16-18(11-14)30-22(24-16)25(12-13-5-4-10-27-13)21(26)20-19(23)15-6-2-3-7-17(15)29-20/h2-3,6-9,11,13H,4-5,10,12H2,1H3. The first-order valence-electron chi connectivity index (χ1n) is 9.69. The number of carbonyl (C=O) groups is 1. The van der Waals surface area contributed by atoms with E-state index in [9.17, 15) is 4.79 Å². The van der Waals surface area contributed by atoms with Crippen LogP contribution in [0.25, 0.3) is 20.3 Å². The van der Waals surface area contributed by atoms with Crippen molar-refractivity contribution in [1.82, 2.24) is 4.98 Å². The van der Waals surface area contributed by atoms with Crippen LogP contribution in [0.5, 0.6) is 0 Å². The first-order valence-corrected chi connectivity index (χ1v) is 12.9. The molecule has 0 aliphatic carbocycles. The van der Waals surface area contributed by atoms with E-state index in [1.54, 1.807) is 28.0 Å². The van der Waals surface area contributed by atoms with Gasteiger partial charge in [-0.1, -0.05) is 41.1 Å². The van der Waals surface area contributed by atoms with Crippen molar-refractivity contribution >= 4 is 77.4 Å². The second-order valence-corrected chi connectivity index (χ2v) is 10.4. The van der Waals surface area contributed by atoms with Gasteiger partial charge in [0.15, 0.2) is 5.13 Å². The molecule has 0 spiro atoms. The molecule has 0 N–H and O–H groups in total. The van der Waals surface area contributed by atoms with E-state index in [0.717, 1.165) is 39.8 Å². The zero-order valence-corrected chi connectivity index (χ0v) is 19.5. The van der Waals surface area contributed by atoms with Crippen LogP contribution in [-0.4, -0.2) is 36.4 Å². The van der Waals surface area contributed by atoms with Crippen molar-refractivity contribution in [2.24, 2.45) is 0 Å². The molecular weight excluding hydrogens is 456 g/mol. The van der Waals surface area contributed by atoms with Gasteiger partial charge in [-0.05, 0) is 43.4 Å². The fourth-order valence-corrected chi connectivity index (χ4v) is 6.64. The number of thiazole rings is 1. The number of hydrogen-bond donors (Lipinski definition) is 0. The Bertz CT molecular complexity index is 1230. The summed E-state index contributed by atoms with van der Waals surface area (Å²) < 4.78 is 7.93. The van der Waals surface area contributed by atoms with Crippen molar-refractivity contribution in [3.63, 3.8) is 0 Å². The fraction of sp³-hybridized carbons (Fsp3) is 0.273. The highest BCUT2D eigenvalue weighted by molar-refractivity contribution is 7.98. The summed E-state index contributed by atoms with van der Waals surface area (Å²) in [6.45, 7) is 1.23. The van der Waals surface area contributed by atoms with E-state index in [0.29, 0.717) is 21.6 Å². The van der Waals surface area contributed by atoms with Gasteiger partial charge in [-0.2, -0.15) is 0 Å². The number of halogens is 1. The van der Waals surface area contributed by atoms with Gasteiger partial charge in [0, 0.05) is 21.6 Å². The molecule has 154 valence electrons. The highest BCUT2D eigenvalue weighted by atomic mass is 35.5. The molecule has 1 aliphatic heterocycles. The van der Waals surface area contributed by atoms with Gasteiger partial charge in [-0.3, -0.25) is 9.69 Å². The van der Waals surface area contributed by atoms with Crippen molar-refractivity contribution < 1.29 is 9.53 Å². The summed E-state index contributed by atoms with van der Waals surface area (Å²) in [5.41, 5.74) is 0.903. The normalized spacial score (nSPS) is 16.5. The lowest BCUT2D eigenvalue weighted by Gasteiger charge is -2.22. The van der Waals surface area contributed by atoms with Crippen LogP contribution >= 0.6 is 46.0 Å². The molecule has 1 atom stereocenters. The first-order chi connectivity index (χ1) is 14.6. The molecule has 4 aromatic rings. The number of fused-ring (bicyclic) bond motifs is 2. The Balaban J connectivity index is 1.57. The number of amides is 1. The second-order valence-electron chi connectivity index (χ2n) is 7.12. The van der Waals surface area contributed by atoms with Crippen LogP contribution in [0.1, 0.15) is 22.5 Å². The molecule has 0 bridgehead atoms. The summed E-state index contributed by atoms with van der Waals surface area (Å²) in [6, 6.07) is 14.1. The third-order valence-corrected chi connectivity index (χ3v) is 8.63. The average molecular weight is 475 g/mol. The van der Waals surface area contributed by atoms with E-state index >= 15 is 0 Å². The number of carbonyl (C=O) groups excluding carboxylic acids is 1. The number of benzene rings is 2. The summed E-state index contributed by atoms with van der Waals surface area (Å²) in [6.07, 6.45) is 4.05.